The second-order valence-electron chi connectivity index (χ2n) is 5.75. The van der Waals surface area contributed by atoms with Gasteiger partial charge in [-0.15, -0.1) is 0 Å². The van der Waals surface area contributed by atoms with Crippen molar-refractivity contribution in [3.8, 4) is 0 Å². The number of likely N-dealkylation sites (tertiary alicyclic amines) is 1. The molecule has 23 heavy (non-hydrogen) atoms. The largest absolute Gasteiger partial charge is 0.481 e. The van der Waals surface area contributed by atoms with Crippen LogP contribution in [0.1, 0.15) is 22.3 Å². The van der Waals surface area contributed by atoms with Gasteiger partial charge in [0.2, 0.25) is 0 Å². The minimum atomic E-state index is -1.10. The first-order valence-electron chi connectivity index (χ1n) is 7.07. The molecule has 1 heterocycles. The number of carboxylic acids is 1. The van der Waals surface area contributed by atoms with Crippen LogP contribution in [0, 0.1) is 22.5 Å². The first-order chi connectivity index (χ1) is 10.8. The molecule has 2 rings (SSSR count). The van der Waals surface area contributed by atoms with Crippen LogP contribution in [0.4, 0.5) is 5.69 Å². The minimum Gasteiger partial charge on any atom is -0.481 e. The Balaban J connectivity index is 2.22. The van der Waals surface area contributed by atoms with E-state index in [0.717, 1.165) is 0 Å². The number of nitro groups is 1. The highest BCUT2D eigenvalue weighted by atomic mass is 16.6. The normalized spacial score (nSPS) is 20.5. The third-order valence-electron chi connectivity index (χ3n) is 4.17. The van der Waals surface area contributed by atoms with E-state index in [4.69, 9.17) is 4.74 Å². The summed E-state index contributed by atoms with van der Waals surface area (Å²) in [6.45, 7) is 2.03. The highest BCUT2D eigenvalue weighted by Crippen LogP contribution is 2.32. The summed E-state index contributed by atoms with van der Waals surface area (Å²) in [7, 11) is 1.43. The van der Waals surface area contributed by atoms with Crippen LogP contribution in [0.3, 0.4) is 0 Å². The lowest BCUT2D eigenvalue weighted by molar-refractivity contribution is -0.384. The number of methoxy groups -OCH3 is 1. The number of nitro benzene ring substituents is 1. The van der Waals surface area contributed by atoms with Gasteiger partial charge in [0.05, 0.1) is 11.5 Å². The molecule has 1 aromatic rings. The highest BCUT2D eigenvalue weighted by molar-refractivity contribution is 5.96. The molecule has 0 saturated carbocycles. The molecule has 124 valence electrons. The molecule has 1 atom stereocenters. The number of rotatable bonds is 5. The lowest BCUT2D eigenvalue weighted by atomic mass is 9.88. The maximum atomic E-state index is 12.6. The summed E-state index contributed by atoms with van der Waals surface area (Å²) >= 11 is 0. The van der Waals surface area contributed by atoms with Gasteiger partial charge in [0.25, 0.3) is 11.6 Å². The van der Waals surface area contributed by atoms with Gasteiger partial charge >= 0.3 is 5.97 Å². The molecule has 1 saturated heterocycles. The number of aryl methyl sites for hydroxylation is 1. The molecule has 8 nitrogen and oxygen atoms in total. The summed E-state index contributed by atoms with van der Waals surface area (Å²) in [5.74, 6) is -1.31. The van der Waals surface area contributed by atoms with Gasteiger partial charge in [-0.25, -0.2) is 0 Å². The number of non-ortho nitro benzene ring substituents is 1. The Morgan fingerprint density at radius 1 is 1.48 bits per heavy atom. The van der Waals surface area contributed by atoms with Gasteiger partial charge < -0.3 is 14.7 Å². The van der Waals surface area contributed by atoms with Gasteiger partial charge in [0.15, 0.2) is 0 Å². The van der Waals surface area contributed by atoms with Crippen molar-refractivity contribution in [2.45, 2.75) is 13.3 Å². The lowest BCUT2D eigenvalue weighted by Crippen LogP contribution is -2.40. The van der Waals surface area contributed by atoms with Crippen molar-refractivity contribution in [3.05, 3.63) is 39.4 Å². The van der Waals surface area contributed by atoms with E-state index < -0.39 is 16.3 Å². The van der Waals surface area contributed by atoms with Crippen molar-refractivity contribution in [3.63, 3.8) is 0 Å². The summed E-state index contributed by atoms with van der Waals surface area (Å²) in [5, 5.41) is 20.2. The van der Waals surface area contributed by atoms with Crippen molar-refractivity contribution in [1.29, 1.82) is 0 Å². The summed E-state index contributed by atoms with van der Waals surface area (Å²) < 4.78 is 5.00. The monoisotopic (exact) mass is 322 g/mol. The minimum absolute atomic E-state index is 0.0331. The van der Waals surface area contributed by atoms with E-state index in [1.807, 2.05) is 0 Å². The number of hydrogen-bond donors (Lipinski definition) is 1. The molecule has 8 heteroatoms. The van der Waals surface area contributed by atoms with Gasteiger partial charge in [-0.05, 0) is 25.0 Å². The van der Waals surface area contributed by atoms with E-state index in [1.54, 1.807) is 6.92 Å². The molecule has 0 radical (unpaired) electrons. The molecule has 1 fully saturated rings. The molecule has 0 aliphatic carbocycles. The highest BCUT2D eigenvalue weighted by Gasteiger charge is 2.46. The van der Waals surface area contributed by atoms with E-state index in [9.17, 15) is 24.8 Å². The van der Waals surface area contributed by atoms with E-state index in [1.165, 1.54) is 30.2 Å². The summed E-state index contributed by atoms with van der Waals surface area (Å²) in [5.41, 5.74) is -0.350. The van der Waals surface area contributed by atoms with Crippen LogP contribution < -0.4 is 0 Å². The number of aliphatic carboxylic acids is 1. The molecular formula is C15H18N2O6. The first-order valence-corrected chi connectivity index (χ1v) is 7.07. The Hall–Kier alpha value is -2.48. The van der Waals surface area contributed by atoms with Crippen molar-refractivity contribution in [1.82, 2.24) is 4.90 Å². The predicted molar refractivity (Wildman–Crippen MR) is 80.3 cm³/mol. The van der Waals surface area contributed by atoms with Crippen LogP contribution in [0.15, 0.2) is 18.2 Å². The molecule has 1 N–H and O–H groups in total. The Bertz CT molecular complexity index is 659. The summed E-state index contributed by atoms with van der Waals surface area (Å²) in [6.07, 6.45) is 0.313. The number of ether oxygens (including phenoxy) is 1. The Morgan fingerprint density at radius 3 is 2.70 bits per heavy atom. The Kier molecular flexibility index (Phi) is 4.65. The predicted octanol–water partition coefficient (Wildman–Crippen LogP) is 1.47. The zero-order valence-electron chi connectivity index (χ0n) is 12.9. The number of benzene rings is 1. The average molecular weight is 322 g/mol. The molecule has 1 unspecified atom stereocenters. The molecule has 0 aromatic heterocycles. The van der Waals surface area contributed by atoms with Crippen molar-refractivity contribution < 1.29 is 24.4 Å². The fraction of sp³-hybridized carbons (Fsp3) is 0.467. The zero-order chi connectivity index (χ0) is 17.2. The molecule has 1 aliphatic rings. The van der Waals surface area contributed by atoms with E-state index in [2.05, 4.69) is 0 Å². The zero-order valence-corrected chi connectivity index (χ0v) is 12.9. The van der Waals surface area contributed by atoms with Crippen LogP contribution in [0.25, 0.3) is 0 Å². The van der Waals surface area contributed by atoms with E-state index in [-0.39, 0.29) is 24.7 Å². The second-order valence-corrected chi connectivity index (χ2v) is 5.75. The third kappa shape index (κ3) is 3.16. The number of nitrogens with zero attached hydrogens (tertiary/aromatic N) is 2. The van der Waals surface area contributed by atoms with Gasteiger partial charge in [-0.2, -0.15) is 0 Å². The van der Waals surface area contributed by atoms with Gasteiger partial charge in [0.1, 0.15) is 5.41 Å². The molecule has 1 aliphatic heterocycles. The van der Waals surface area contributed by atoms with Crippen LogP contribution in [-0.2, 0) is 9.53 Å². The van der Waals surface area contributed by atoms with Gasteiger partial charge in [-0.3, -0.25) is 19.7 Å². The molecule has 0 bridgehead atoms. The summed E-state index contributed by atoms with van der Waals surface area (Å²) in [6, 6.07) is 4.02. The molecule has 0 spiro atoms. The SMILES string of the molecule is COCC1(C(=O)O)CCN(C(=O)c2ccc([N+](=O)[O-])cc2C)C1. The van der Waals surface area contributed by atoms with Crippen LogP contribution in [-0.4, -0.2) is 53.6 Å². The first kappa shape index (κ1) is 16.9. The molecular weight excluding hydrogens is 304 g/mol. The van der Waals surface area contributed by atoms with Crippen LogP contribution in [0.5, 0.6) is 0 Å². The van der Waals surface area contributed by atoms with Crippen LogP contribution >= 0.6 is 0 Å². The number of carbonyl (C=O) groups is 2. The molecule has 1 amide bonds. The smallest absolute Gasteiger partial charge is 0.313 e. The Labute approximate surface area is 132 Å². The summed E-state index contributed by atoms with van der Waals surface area (Å²) in [4.78, 5) is 35.8. The maximum absolute atomic E-state index is 12.6. The van der Waals surface area contributed by atoms with Gasteiger partial charge in [0, 0.05) is 37.9 Å². The van der Waals surface area contributed by atoms with Crippen molar-refractivity contribution in [2.24, 2.45) is 5.41 Å². The number of hydrogen-bond acceptors (Lipinski definition) is 5. The fourth-order valence-corrected chi connectivity index (χ4v) is 2.85. The van der Waals surface area contributed by atoms with Crippen molar-refractivity contribution in [2.75, 3.05) is 26.8 Å². The van der Waals surface area contributed by atoms with Gasteiger partial charge in [-0.1, -0.05) is 0 Å². The second kappa shape index (κ2) is 6.33. The Morgan fingerprint density at radius 2 is 2.17 bits per heavy atom. The number of amides is 1. The lowest BCUT2D eigenvalue weighted by Gasteiger charge is -2.24. The number of carbonyl (C=O) groups excluding carboxylic acids is 1. The van der Waals surface area contributed by atoms with E-state index >= 15 is 0 Å². The topological polar surface area (TPSA) is 110 Å². The molecule has 1 aromatic carbocycles. The standard InChI is InChI=1S/C15H18N2O6/c1-10-7-11(17(21)22)3-4-12(10)13(18)16-6-5-15(8-16,9-23-2)14(19)20/h3-4,7H,5-6,8-9H2,1-2H3,(H,19,20). The van der Waals surface area contributed by atoms with E-state index in [0.29, 0.717) is 24.1 Å². The average Bonchev–Trinajstić information content (AvgIpc) is 2.92. The number of carboxylic acid groups (broad SMARTS) is 1. The maximum Gasteiger partial charge on any atom is 0.313 e. The quantitative estimate of drug-likeness (QED) is 0.649. The van der Waals surface area contributed by atoms with Crippen molar-refractivity contribution >= 4 is 17.6 Å². The fourth-order valence-electron chi connectivity index (χ4n) is 2.85. The third-order valence-corrected chi connectivity index (χ3v) is 4.17. The van der Waals surface area contributed by atoms with Crippen LogP contribution in [0.2, 0.25) is 0 Å².